The summed E-state index contributed by atoms with van der Waals surface area (Å²) >= 11 is 1.66. The van der Waals surface area contributed by atoms with Gasteiger partial charge in [0, 0.05) is 32.7 Å². The number of rotatable bonds is 4. The molecule has 1 N–H and O–H groups in total. The Balaban J connectivity index is 1.36. The molecule has 0 radical (unpaired) electrons. The Kier molecular flexibility index (Phi) is 5.53. The molecule has 0 atom stereocenters. The highest BCUT2D eigenvalue weighted by Crippen LogP contribution is 2.36. The molecule has 1 aliphatic rings. The van der Waals surface area contributed by atoms with Gasteiger partial charge in [0.15, 0.2) is 5.13 Å². The predicted molar refractivity (Wildman–Crippen MR) is 113 cm³/mol. The van der Waals surface area contributed by atoms with Crippen molar-refractivity contribution in [3.05, 3.63) is 53.3 Å². The highest BCUT2D eigenvalue weighted by molar-refractivity contribution is 7.22. The lowest BCUT2D eigenvalue weighted by molar-refractivity contribution is 0.194. The van der Waals surface area contributed by atoms with Crippen molar-refractivity contribution < 1.29 is 13.9 Å². The van der Waals surface area contributed by atoms with Crippen LogP contribution in [0.2, 0.25) is 0 Å². The molecule has 0 unspecified atom stereocenters. The molecule has 4 rings (SSSR count). The fraction of sp³-hybridized carbons (Fsp3) is 0.333. The third-order valence-electron chi connectivity index (χ3n) is 5.11. The summed E-state index contributed by atoms with van der Waals surface area (Å²) in [5.41, 5.74) is 2.95. The van der Waals surface area contributed by atoms with Crippen molar-refractivity contribution >= 4 is 32.7 Å². The summed E-state index contributed by atoms with van der Waals surface area (Å²) in [5, 5.41) is 3.86. The summed E-state index contributed by atoms with van der Waals surface area (Å²) in [6.07, 6.45) is 0. The van der Waals surface area contributed by atoms with Gasteiger partial charge >= 0.3 is 6.03 Å². The highest BCUT2D eigenvalue weighted by Gasteiger charge is 2.24. The molecule has 3 aromatic rings. The number of methoxy groups -OCH3 is 1. The molecule has 29 heavy (non-hydrogen) atoms. The maximum Gasteiger partial charge on any atom is 0.317 e. The zero-order chi connectivity index (χ0) is 20.4. The number of ether oxygens (including phenoxy) is 1. The minimum atomic E-state index is -0.279. The summed E-state index contributed by atoms with van der Waals surface area (Å²) in [6.45, 7) is 5.17. The number of aryl methyl sites for hydroxylation is 1. The van der Waals surface area contributed by atoms with E-state index in [4.69, 9.17) is 9.72 Å². The normalized spacial score (nSPS) is 14.3. The average Bonchev–Trinajstić information content (AvgIpc) is 3.20. The molecule has 1 aliphatic heterocycles. The van der Waals surface area contributed by atoms with Crippen LogP contribution in [0.4, 0.5) is 14.3 Å². The van der Waals surface area contributed by atoms with E-state index in [0.29, 0.717) is 19.6 Å². The van der Waals surface area contributed by atoms with Crippen LogP contribution in [0.25, 0.3) is 10.2 Å². The molecule has 0 saturated carbocycles. The van der Waals surface area contributed by atoms with E-state index in [1.165, 1.54) is 17.7 Å². The number of aromatic nitrogens is 1. The number of halogens is 1. The zero-order valence-electron chi connectivity index (χ0n) is 16.4. The summed E-state index contributed by atoms with van der Waals surface area (Å²) in [7, 11) is 1.66. The maximum atomic E-state index is 13.0. The Morgan fingerprint density at radius 3 is 2.59 bits per heavy atom. The number of thiazole rings is 1. The number of benzene rings is 2. The van der Waals surface area contributed by atoms with E-state index < -0.39 is 0 Å². The van der Waals surface area contributed by atoms with E-state index in [9.17, 15) is 9.18 Å². The van der Waals surface area contributed by atoms with Crippen LogP contribution >= 0.6 is 11.3 Å². The molecule has 0 spiro atoms. The number of carbonyl (C=O) groups excluding carboxylic acids is 1. The van der Waals surface area contributed by atoms with Gasteiger partial charge in [-0.1, -0.05) is 29.5 Å². The van der Waals surface area contributed by atoms with Crippen molar-refractivity contribution in [2.45, 2.75) is 13.5 Å². The average molecular weight is 415 g/mol. The van der Waals surface area contributed by atoms with Gasteiger partial charge in [0.25, 0.3) is 0 Å². The van der Waals surface area contributed by atoms with Crippen LogP contribution < -0.4 is 15.0 Å². The lowest BCUT2D eigenvalue weighted by Crippen LogP contribution is -2.51. The monoisotopic (exact) mass is 414 g/mol. The molecular weight excluding hydrogens is 391 g/mol. The molecule has 2 amide bonds. The first-order valence-corrected chi connectivity index (χ1v) is 10.3. The maximum absolute atomic E-state index is 13.0. The second kappa shape index (κ2) is 8.24. The van der Waals surface area contributed by atoms with Gasteiger partial charge in [-0.2, -0.15) is 0 Å². The number of anilines is 1. The quantitative estimate of drug-likeness (QED) is 0.706. The van der Waals surface area contributed by atoms with E-state index >= 15 is 0 Å². The molecule has 1 saturated heterocycles. The van der Waals surface area contributed by atoms with E-state index in [-0.39, 0.29) is 11.8 Å². The molecule has 1 fully saturated rings. The first-order valence-electron chi connectivity index (χ1n) is 9.51. The van der Waals surface area contributed by atoms with Crippen LogP contribution in [0, 0.1) is 12.7 Å². The van der Waals surface area contributed by atoms with Crippen molar-refractivity contribution in [1.82, 2.24) is 15.2 Å². The number of fused-ring (bicyclic) bond motifs is 1. The number of piperazine rings is 1. The molecule has 1 aromatic heterocycles. The van der Waals surface area contributed by atoms with Gasteiger partial charge in [-0.3, -0.25) is 0 Å². The number of hydrogen-bond acceptors (Lipinski definition) is 5. The lowest BCUT2D eigenvalue weighted by Gasteiger charge is -2.34. The fourth-order valence-corrected chi connectivity index (χ4v) is 4.49. The van der Waals surface area contributed by atoms with Gasteiger partial charge < -0.3 is 19.9 Å². The fourth-order valence-electron chi connectivity index (χ4n) is 3.39. The second-order valence-corrected chi connectivity index (χ2v) is 8.00. The van der Waals surface area contributed by atoms with Crippen LogP contribution in [-0.4, -0.2) is 49.2 Å². The second-order valence-electron chi connectivity index (χ2n) is 7.02. The van der Waals surface area contributed by atoms with Crippen molar-refractivity contribution in [3.8, 4) is 5.75 Å². The van der Waals surface area contributed by atoms with Gasteiger partial charge in [-0.25, -0.2) is 14.2 Å². The van der Waals surface area contributed by atoms with Crippen molar-refractivity contribution in [1.29, 1.82) is 0 Å². The minimum absolute atomic E-state index is 0.101. The first-order chi connectivity index (χ1) is 14.0. The Morgan fingerprint density at radius 1 is 1.17 bits per heavy atom. The number of nitrogens with zero attached hydrogens (tertiary/aromatic N) is 3. The Hall–Kier alpha value is -2.87. The number of urea groups is 1. The predicted octanol–water partition coefficient (Wildman–Crippen LogP) is 3.78. The van der Waals surface area contributed by atoms with Gasteiger partial charge in [0.05, 0.1) is 11.8 Å². The molecule has 2 heterocycles. The Labute approximate surface area is 172 Å². The lowest BCUT2D eigenvalue weighted by atomic mass is 10.2. The van der Waals surface area contributed by atoms with E-state index in [0.717, 1.165) is 39.8 Å². The number of nitrogens with one attached hydrogen (secondary N) is 1. The third-order valence-corrected chi connectivity index (χ3v) is 6.36. The summed E-state index contributed by atoms with van der Waals surface area (Å²) in [6, 6.07) is 10.0. The first kappa shape index (κ1) is 19.4. The van der Waals surface area contributed by atoms with Crippen LogP contribution in [0.5, 0.6) is 5.75 Å². The molecular formula is C21H23FN4O2S. The van der Waals surface area contributed by atoms with Gasteiger partial charge in [0.2, 0.25) is 0 Å². The van der Waals surface area contributed by atoms with Crippen molar-refractivity contribution in [2.24, 2.45) is 0 Å². The molecule has 2 aromatic carbocycles. The largest absolute Gasteiger partial charge is 0.494 e. The zero-order valence-corrected chi connectivity index (χ0v) is 17.3. The molecule has 8 heteroatoms. The van der Waals surface area contributed by atoms with Crippen LogP contribution in [0.15, 0.2) is 36.4 Å². The smallest absolute Gasteiger partial charge is 0.317 e. The van der Waals surface area contributed by atoms with Crippen molar-refractivity contribution in [2.75, 3.05) is 38.2 Å². The van der Waals surface area contributed by atoms with Crippen LogP contribution in [0.3, 0.4) is 0 Å². The van der Waals surface area contributed by atoms with Crippen molar-refractivity contribution in [3.63, 3.8) is 0 Å². The standard InChI is InChI=1S/C21H23FN4O2S/c1-14-3-8-17(28-2)18-19(14)29-21(24-18)26-11-9-25(10-12-26)20(27)23-13-15-4-6-16(22)7-5-15/h3-8H,9-13H2,1-2H3,(H,23,27). The van der Waals surface area contributed by atoms with Gasteiger partial charge in [0.1, 0.15) is 17.1 Å². The summed E-state index contributed by atoms with van der Waals surface area (Å²) in [5.74, 6) is 0.505. The van der Waals surface area contributed by atoms with Gasteiger partial charge in [-0.15, -0.1) is 0 Å². The van der Waals surface area contributed by atoms with Gasteiger partial charge in [-0.05, 0) is 36.2 Å². The van der Waals surface area contributed by atoms with E-state index in [2.05, 4.69) is 17.1 Å². The SMILES string of the molecule is COc1ccc(C)c2sc(N3CCN(C(=O)NCc4ccc(F)cc4)CC3)nc12. The summed E-state index contributed by atoms with van der Waals surface area (Å²) < 4.78 is 19.6. The molecule has 152 valence electrons. The highest BCUT2D eigenvalue weighted by atomic mass is 32.1. The topological polar surface area (TPSA) is 57.7 Å². The number of amides is 2. The number of carbonyl (C=O) groups is 1. The Bertz CT molecular complexity index is 1010. The third kappa shape index (κ3) is 4.12. The van der Waals surface area contributed by atoms with E-state index in [1.807, 2.05) is 12.1 Å². The molecule has 6 nitrogen and oxygen atoms in total. The van der Waals surface area contributed by atoms with Crippen LogP contribution in [0.1, 0.15) is 11.1 Å². The van der Waals surface area contributed by atoms with E-state index in [1.54, 1.807) is 35.5 Å². The minimum Gasteiger partial charge on any atom is -0.494 e. The summed E-state index contributed by atoms with van der Waals surface area (Å²) in [4.78, 5) is 21.3. The molecule has 0 aliphatic carbocycles. The molecule has 0 bridgehead atoms. The van der Waals surface area contributed by atoms with Crippen LogP contribution in [-0.2, 0) is 6.54 Å². The number of hydrogen-bond donors (Lipinski definition) is 1. The Morgan fingerprint density at radius 2 is 1.90 bits per heavy atom.